The molecule has 0 unspecified atom stereocenters. The number of thiophene rings is 1. The number of benzene rings is 1. The monoisotopic (exact) mass is 368 g/mol. The van der Waals surface area contributed by atoms with Gasteiger partial charge in [0.25, 0.3) is 5.56 Å². The minimum Gasteiger partial charge on any atom is -0.300 e. The number of carbonyl (C=O) groups is 1. The van der Waals surface area contributed by atoms with E-state index in [-0.39, 0.29) is 18.0 Å². The second-order valence-electron chi connectivity index (χ2n) is 5.27. The number of hydrogen-bond acceptors (Lipinski definition) is 6. The quantitative estimate of drug-likeness (QED) is 0.600. The molecular formula is C17H12N4O2S2. The maximum absolute atomic E-state index is 12.3. The van der Waals surface area contributed by atoms with Gasteiger partial charge in [-0.25, -0.2) is 9.97 Å². The van der Waals surface area contributed by atoms with Gasteiger partial charge in [-0.3, -0.25) is 14.2 Å². The highest BCUT2D eigenvalue weighted by molar-refractivity contribution is 7.16. The maximum Gasteiger partial charge on any atom is 0.262 e. The zero-order valence-corrected chi connectivity index (χ0v) is 14.5. The van der Waals surface area contributed by atoms with Gasteiger partial charge < -0.3 is 5.32 Å². The van der Waals surface area contributed by atoms with Crippen LogP contribution in [-0.4, -0.2) is 20.4 Å². The summed E-state index contributed by atoms with van der Waals surface area (Å²) in [6.07, 6.45) is 1.40. The number of carbonyl (C=O) groups excluding carboxylic acids is 1. The minimum atomic E-state index is -0.313. The molecule has 25 heavy (non-hydrogen) atoms. The van der Waals surface area contributed by atoms with Crippen molar-refractivity contribution in [3.63, 3.8) is 0 Å². The Bertz CT molecular complexity index is 1100. The second-order valence-corrected chi connectivity index (χ2v) is 7.02. The molecule has 4 aromatic rings. The predicted octanol–water partition coefficient (Wildman–Crippen LogP) is 3.22. The van der Waals surface area contributed by atoms with Crippen LogP contribution in [0.4, 0.5) is 5.13 Å². The summed E-state index contributed by atoms with van der Waals surface area (Å²) >= 11 is 2.75. The first kappa shape index (κ1) is 15.7. The van der Waals surface area contributed by atoms with E-state index in [0.717, 1.165) is 11.3 Å². The van der Waals surface area contributed by atoms with Crippen molar-refractivity contribution < 1.29 is 4.79 Å². The molecule has 0 spiro atoms. The lowest BCUT2D eigenvalue weighted by atomic mass is 10.2. The van der Waals surface area contributed by atoms with E-state index in [0.29, 0.717) is 15.3 Å². The molecule has 3 aromatic heterocycles. The molecule has 0 bridgehead atoms. The zero-order valence-electron chi connectivity index (χ0n) is 12.9. The summed E-state index contributed by atoms with van der Waals surface area (Å²) in [5.74, 6) is -0.313. The van der Waals surface area contributed by atoms with Gasteiger partial charge in [0.15, 0.2) is 5.13 Å². The summed E-state index contributed by atoms with van der Waals surface area (Å²) in [4.78, 5) is 33.8. The molecule has 6 nitrogen and oxygen atoms in total. The first-order chi connectivity index (χ1) is 12.2. The summed E-state index contributed by atoms with van der Waals surface area (Å²) in [7, 11) is 0. The van der Waals surface area contributed by atoms with Crippen LogP contribution in [0.15, 0.2) is 58.3 Å². The van der Waals surface area contributed by atoms with Crippen molar-refractivity contribution in [1.29, 1.82) is 0 Å². The first-order valence-corrected chi connectivity index (χ1v) is 9.20. The van der Waals surface area contributed by atoms with E-state index in [4.69, 9.17) is 0 Å². The van der Waals surface area contributed by atoms with Gasteiger partial charge in [0.05, 0.1) is 17.4 Å². The van der Waals surface area contributed by atoms with Crippen molar-refractivity contribution in [2.45, 2.75) is 6.54 Å². The van der Waals surface area contributed by atoms with Crippen LogP contribution >= 0.6 is 22.7 Å². The zero-order chi connectivity index (χ0) is 17.2. The number of fused-ring (bicyclic) bond motifs is 1. The predicted molar refractivity (Wildman–Crippen MR) is 100 cm³/mol. The van der Waals surface area contributed by atoms with Gasteiger partial charge in [0.2, 0.25) is 5.91 Å². The Balaban J connectivity index is 1.49. The molecule has 0 saturated heterocycles. The molecule has 1 N–H and O–H groups in total. The highest BCUT2D eigenvalue weighted by Gasteiger charge is 2.11. The van der Waals surface area contributed by atoms with Crippen LogP contribution in [0, 0.1) is 0 Å². The van der Waals surface area contributed by atoms with Gasteiger partial charge >= 0.3 is 0 Å². The van der Waals surface area contributed by atoms with E-state index in [2.05, 4.69) is 15.3 Å². The van der Waals surface area contributed by atoms with Crippen molar-refractivity contribution >= 4 is 43.9 Å². The van der Waals surface area contributed by atoms with E-state index in [1.54, 1.807) is 6.07 Å². The van der Waals surface area contributed by atoms with Crippen LogP contribution in [0.5, 0.6) is 0 Å². The molecule has 0 atom stereocenters. The smallest absolute Gasteiger partial charge is 0.262 e. The van der Waals surface area contributed by atoms with E-state index in [1.807, 2.05) is 41.1 Å². The van der Waals surface area contributed by atoms with Gasteiger partial charge in [-0.1, -0.05) is 30.3 Å². The van der Waals surface area contributed by atoms with Crippen LogP contribution < -0.4 is 10.9 Å². The Morgan fingerprint density at radius 3 is 2.84 bits per heavy atom. The molecule has 0 saturated carbocycles. The number of nitrogens with zero attached hydrogens (tertiary/aromatic N) is 3. The van der Waals surface area contributed by atoms with Crippen molar-refractivity contribution in [1.82, 2.24) is 14.5 Å². The van der Waals surface area contributed by atoms with Gasteiger partial charge in [0.1, 0.15) is 11.4 Å². The fourth-order valence-corrected chi connectivity index (χ4v) is 3.85. The number of thiazole rings is 1. The van der Waals surface area contributed by atoms with Gasteiger partial charge in [0, 0.05) is 10.9 Å². The van der Waals surface area contributed by atoms with Crippen LogP contribution in [0.1, 0.15) is 0 Å². The molecule has 1 amide bonds. The third-order valence-corrected chi connectivity index (χ3v) is 5.16. The molecule has 8 heteroatoms. The van der Waals surface area contributed by atoms with Crippen LogP contribution in [-0.2, 0) is 11.3 Å². The van der Waals surface area contributed by atoms with Crippen LogP contribution in [0.25, 0.3) is 21.5 Å². The molecule has 124 valence electrons. The number of hydrogen-bond donors (Lipinski definition) is 1. The topological polar surface area (TPSA) is 76.9 Å². The average molecular weight is 368 g/mol. The highest BCUT2D eigenvalue weighted by Crippen LogP contribution is 2.24. The summed E-state index contributed by atoms with van der Waals surface area (Å²) in [5, 5.41) is 7.46. The normalized spacial score (nSPS) is 10.9. The minimum absolute atomic E-state index is 0.0993. The van der Waals surface area contributed by atoms with Crippen molar-refractivity contribution in [3.05, 3.63) is 63.8 Å². The second kappa shape index (κ2) is 6.58. The van der Waals surface area contributed by atoms with Gasteiger partial charge in [-0.2, -0.15) is 0 Å². The Kier molecular flexibility index (Phi) is 4.12. The number of nitrogens with one attached hydrogen (secondary N) is 1. The van der Waals surface area contributed by atoms with E-state index < -0.39 is 0 Å². The Morgan fingerprint density at radius 1 is 1.16 bits per heavy atom. The number of rotatable bonds is 4. The molecule has 0 aliphatic heterocycles. The lowest BCUT2D eigenvalue weighted by molar-refractivity contribution is -0.116. The molecule has 0 aliphatic rings. The van der Waals surface area contributed by atoms with E-state index in [1.165, 1.54) is 33.6 Å². The Labute approximate surface area is 150 Å². The molecular weight excluding hydrogens is 356 g/mol. The van der Waals surface area contributed by atoms with Crippen molar-refractivity contribution in [3.8, 4) is 11.3 Å². The molecule has 0 fully saturated rings. The van der Waals surface area contributed by atoms with E-state index in [9.17, 15) is 9.59 Å². The summed E-state index contributed by atoms with van der Waals surface area (Å²) in [6.45, 7) is -0.0993. The molecule has 0 radical (unpaired) electrons. The lowest BCUT2D eigenvalue weighted by Gasteiger charge is -2.04. The standard InChI is InChI=1S/C17H12N4O2S2/c22-14(8-21-10-18-15-12(16(21)23)6-7-24-15)20-17-19-13(9-25-17)11-4-2-1-3-5-11/h1-7,9-10H,8H2,(H,19,20,22). The molecule has 3 heterocycles. The Hall–Kier alpha value is -2.84. The van der Waals surface area contributed by atoms with Crippen LogP contribution in [0.2, 0.25) is 0 Å². The summed E-state index contributed by atoms with van der Waals surface area (Å²) < 4.78 is 1.30. The fraction of sp³-hybridized carbons (Fsp3) is 0.0588. The van der Waals surface area contributed by atoms with Gasteiger partial charge in [-0.15, -0.1) is 22.7 Å². The van der Waals surface area contributed by atoms with E-state index >= 15 is 0 Å². The summed E-state index contributed by atoms with van der Waals surface area (Å²) in [6, 6.07) is 11.5. The van der Waals surface area contributed by atoms with Crippen LogP contribution in [0.3, 0.4) is 0 Å². The number of amides is 1. The Morgan fingerprint density at radius 2 is 2.00 bits per heavy atom. The largest absolute Gasteiger partial charge is 0.300 e. The maximum atomic E-state index is 12.3. The summed E-state index contributed by atoms with van der Waals surface area (Å²) in [5.41, 5.74) is 1.58. The molecule has 1 aromatic carbocycles. The van der Waals surface area contributed by atoms with Crippen molar-refractivity contribution in [2.24, 2.45) is 0 Å². The lowest BCUT2D eigenvalue weighted by Crippen LogP contribution is -2.27. The molecule has 4 rings (SSSR count). The SMILES string of the molecule is O=C(Cn1cnc2sccc2c1=O)Nc1nc(-c2ccccc2)cs1. The fourth-order valence-electron chi connectivity index (χ4n) is 2.39. The molecule has 0 aliphatic carbocycles. The van der Waals surface area contributed by atoms with Crippen molar-refractivity contribution in [2.75, 3.05) is 5.32 Å². The third-order valence-electron chi connectivity index (χ3n) is 3.58. The van der Waals surface area contributed by atoms with Gasteiger partial charge in [-0.05, 0) is 11.4 Å². The first-order valence-electron chi connectivity index (χ1n) is 7.44. The number of anilines is 1. The third kappa shape index (κ3) is 3.21. The highest BCUT2D eigenvalue weighted by atomic mass is 32.1. The number of aromatic nitrogens is 3. The average Bonchev–Trinajstić information content (AvgIpc) is 3.28.